The van der Waals surface area contributed by atoms with Gasteiger partial charge in [0.1, 0.15) is 0 Å². The van der Waals surface area contributed by atoms with Crippen LogP contribution in [0.15, 0.2) is 66.9 Å². The number of hydrogen-bond donors (Lipinski definition) is 2. The molecule has 138 valence electrons. The monoisotopic (exact) mass is 360 g/mol. The Morgan fingerprint density at radius 2 is 1.93 bits per heavy atom. The molecule has 1 aliphatic rings. The number of pyridine rings is 1. The van der Waals surface area contributed by atoms with Crippen molar-refractivity contribution in [2.24, 2.45) is 5.73 Å². The van der Waals surface area contributed by atoms with Gasteiger partial charge >= 0.3 is 0 Å². The molecule has 1 fully saturated rings. The highest BCUT2D eigenvalue weighted by Gasteiger charge is 2.35. The summed E-state index contributed by atoms with van der Waals surface area (Å²) < 4.78 is 0. The van der Waals surface area contributed by atoms with Crippen molar-refractivity contribution in [3.63, 3.8) is 0 Å². The number of nitrogens with two attached hydrogens (primary N) is 1. The number of anilines is 1. The van der Waals surface area contributed by atoms with Crippen molar-refractivity contribution >= 4 is 22.5 Å². The third-order valence-corrected chi connectivity index (χ3v) is 5.45. The largest absolute Gasteiger partial charge is 0.326 e. The zero-order chi connectivity index (χ0) is 18.8. The summed E-state index contributed by atoms with van der Waals surface area (Å²) in [5.41, 5.74) is 9.28. The molecule has 2 heterocycles. The number of benzene rings is 2. The SMILES string of the molecule is CC(C(=O)Nc1cccc2ncccc12)N1C[C@@H](N)[C@H](c2ccccc2)C1. The van der Waals surface area contributed by atoms with E-state index in [0.29, 0.717) is 6.54 Å². The average Bonchev–Trinajstić information content (AvgIpc) is 3.10. The van der Waals surface area contributed by atoms with Crippen molar-refractivity contribution in [2.75, 3.05) is 18.4 Å². The van der Waals surface area contributed by atoms with Crippen LogP contribution < -0.4 is 11.1 Å². The number of aromatic nitrogens is 1. The highest BCUT2D eigenvalue weighted by Crippen LogP contribution is 2.28. The number of carbonyl (C=O) groups is 1. The summed E-state index contributed by atoms with van der Waals surface area (Å²) in [5, 5.41) is 4.01. The van der Waals surface area contributed by atoms with Crippen molar-refractivity contribution in [1.82, 2.24) is 9.88 Å². The van der Waals surface area contributed by atoms with Gasteiger partial charge < -0.3 is 11.1 Å². The smallest absolute Gasteiger partial charge is 0.241 e. The van der Waals surface area contributed by atoms with Gasteiger partial charge in [-0.25, -0.2) is 0 Å². The molecule has 0 bridgehead atoms. The van der Waals surface area contributed by atoms with Crippen LogP contribution in [0.1, 0.15) is 18.4 Å². The van der Waals surface area contributed by atoms with Gasteiger partial charge in [-0.05, 0) is 36.8 Å². The highest BCUT2D eigenvalue weighted by molar-refractivity contribution is 6.02. The zero-order valence-corrected chi connectivity index (χ0v) is 15.4. The number of rotatable bonds is 4. The van der Waals surface area contributed by atoms with Crippen LogP contribution in [0.2, 0.25) is 0 Å². The maximum absolute atomic E-state index is 12.9. The topological polar surface area (TPSA) is 71.2 Å². The molecular formula is C22H24N4O. The Hall–Kier alpha value is -2.76. The zero-order valence-electron chi connectivity index (χ0n) is 15.4. The number of fused-ring (bicyclic) bond motifs is 1. The number of likely N-dealkylation sites (tertiary alicyclic amines) is 1. The molecular weight excluding hydrogens is 336 g/mol. The maximum atomic E-state index is 12.9. The third-order valence-electron chi connectivity index (χ3n) is 5.45. The summed E-state index contributed by atoms with van der Waals surface area (Å²) in [5.74, 6) is 0.232. The van der Waals surface area contributed by atoms with Gasteiger partial charge in [0.2, 0.25) is 5.91 Å². The molecule has 0 aliphatic carbocycles. The van der Waals surface area contributed by atoms with E-state index in [1.807, 2.05) is 55.5 Å². The standard InChI is InChI=1S/C22H24N4O/c1-15(26-13-18(19(23)14-26)16-7-3-2-4-8-16)22(27)25-21-11-5-10-20-17(21)9-6-12-24-20/h2-12,15,18-19H,13-14,23H2,1H3,(H,25,27)/t15?,18-,19+/m0/s1. The lowest BCUT2D eigenvalue weighted by Gasteiger charge is -2.23. The Balaban J connectivity index is 1.48. The predicted octanol–water partition coefficient (Wildman–Crippen LogP) is 2.99. The summed E-state index contributed by atoms with van der Waals surface area (Å²) in [6.45, 7) is 3.45. The summed E-state index contributed by atoms with van der Waals surface area (Å²) in [7, 11) is 0. The fourth-order valence-electron chi connectivity index (χ4n) is 3.85. The Bertz CT molecular complexity index is 938. The first kappa shape index (κ1) is 17.6. The van der Waals surface area contributed by atoms with Gasteiger partial charge in [-0.2, -0.15) is 0 Å². The van der Waals surface area contributed by atoms with Crippen molar-refractivity contribution in [2.45, 2.75) is 24.9 Å². The molecule has 3 atom stereocenters. The lowest BCUT2D eigenvalue weighted by molar-refractivity contribution is -0.120. The van der Waals surface area contributed by atoms with Crippen molar-refractivity contribution in [3.8, 4) is 0 Å². The fraction of sp³-hybridized carbons (Fsp3) is 0.273. The first-order valence-corrected chi connectivity index (χ1v) is 9.32. The van der Waals surface area contributed by atoms with Crippen LogP contribution in [0.5, 0.6) is 0 Å². The van der Waals surface area contributed by atoms with Crippen LogP contribution in [0, 0.1) is 0 Å². The summed E-state index contributed by atoms with van der Waals surface area (Å²) in [6, 6.07) is 19.7. The quantitative estimate of drug-likeness (QED) is 0.750. The van der Waals surface area contributed by atoms with Crippen molar-refractivity contribution in [3.05, 3.63) is 72.4 Å². The van der Waals surface area contributed by atoms with Crippen molar-refractivity contribution in [1.29, 1.82) is 0 Å². The maximum Gasteiger partial charge on any atom is 0.241 e. The van der Waals surface area contributed by atoms with Gasteiger partial charge in [0.05, 0.1) is 17.2 Å². The summed E-state index contributed by atoms with van der Waals surface area (Å²) in [4.78, 5) is 19.4. The van der Waals surface area contributed by atoms with Crippen molar-refractivity contribution < 1.29 is 4.79 Å². The Morgan fingerprint density at radius 3 is 2.74 bits per heavy atom. The molecule has 3 N–H and O–H groups in total. The fourth-order valence-corrected chi connectivity index (χ4v) is 3.85. The molecule has 1 amide bonds. The van der Waals surface area contributed by atoms with Crippen LogP contribution in [0.3, 0.4) is 0 Å². The Morgan fingerprint density at radius 1 is 1.11 bits per heavy atom. The van der Waals surface area contributed by atoms with Crippen LogP contribution >= 0.6 is 0 Å². The van der Waals surface area contributed by atoms with Gasteiger partial charge in [-0.15, -0.1) is 0 Å². The highest BCUT2D eigenvalue weighted by atomic mass is 16.2. The molecule has 0 radical (unpaired) electrons. The van der Waals surface area contributed by atoms with E-state index in [2.05, 4.69) is 27.3 Å². The second-order valence-electron chi connectivity index (χ2n) is 7.18. The number of amides is 1. The molecule has 5 heteroatoms. The van der Waals surface area contributed by atoms with Crippen LogP contribution in [0.25, 0.3) is 10.9 Å². The van der Waals surface area contributed by atoms with Crippen LogP contribution in [-0.4, -0.2) is 41.0 Å². The first-order chi connectivity index (χ1) is 13.1. The van der Waals surface area contributed by atoms with Gasteiger partial charge in [0.15, 0.2) is 0 Å². The second-order valence-corrected chi connectivity index (χ2v) is 7.18. The average molecular weight is 360 g/mol. The van der Waals surface area contributed by atoms with Gasteiger partial charge in [0, 0.05) is 36.6 Å². The molecule has 1 unspecified atom stereocenters. The van der Waals surface area contributed by atoms with E-state index in [1.54, 1.807) is 6.20 Å². The van der Waals surface area contributed by atoms with E-state index in [0.717, 1.165) is 23.1 Å². The van der Waals surface area contributed by atoms with E-state index in [9.17, 15) is 4.79 Å². The van der Waals surface area contributed by atoms with Crippen LogP contribution in [0.4, 0.5) is 5.69 Å². The minimum absolute atomic E-state index is 0.0211. The predicted molar refractivity (Wildman–Crippen MR) is 109 cm³/mol. The summed E-state index contributed by atoms with van der Waals surface area (Å²) >= 11 is 0. The number of carbonyl (C=O) groups excluding carboxylic acids is 1. The van der Waals surface area contributed by atoms with Gasteiger partial charge in [-0.1, -0.05) is 36.4 Å². The number of nitrogens with one attached hydrogen (secondary N) is 1. The molecule has 1 aromatic heterocycles. The molecule has 27 heavy (non-hydrogen) atoms. The molecule has 1 saturated heterocycles. The van der Waals surface area contributed by atoms with E-state index in [-0.39, 0.29) is 23.9 Å². The second kappa shape index (κ2) is 7.47. The molecule has 0 spiro atoms. The third kappa shape index (κ3) is 3.56. The minimum atomic E-state index is -0.253. The molecule has 1 aliphatic heterocycles. The van der Waals surface area contributed by atoms with Gasteiger partial charge in [0.25, 0.3) is 0 Å². The molecule has 3 aromatic rings. The first-order valence-electron chi connectivity index (χ1n) is 9.32. The van der Waals surface area contributed by atoms with E-state index in [1.165, 1.54) is 5.56 Å². The lowest BCUT2D eigenvalue weighted by Crippen LogP contribution is -2.41. The number of nitrogens with zero attached hydrogens (tertiary/aromatic N) is 2. The molecule has 2 aromatic carbocycles. The van der Waals surface area contributed by atoms with E-state index >= 15 is 0 Å². The molecule has 4 rings (SSSR count). The van der Waals surface area contributed by atoms with E-state index in [4.69, 9.17) is 5.73 Å². The normalized spacial score (nSPS) is 21.3. The lowest BCUT2D eigenvalue weighted by atomic mass is 9.95. The Kier molecular flexibility index (Phi) is 4.88. The molecule has 0 saturated carbocycles. The summed E-state index contributed by atoms with van der Waals surface area (Å²) in [6.07, 6.45) is 1.76. The molecule has 5 nitrogen and oxygen atoms in total. The number of hydrogen-bond acceptors (Lipinski definition) is 4. The Labute approximate surface area is 159 Å². The minimum Gasteiger partial charge on any atom is -0.326 e. The van der Waals surface area contributed by atoms with Crippen LogP contribution in [-0.2, 0) is 4.79 Å². The van der Waals surface area contributed by atoms with E-state index < -0.39 is 0 Å². The van der Waals surface area contributed by atoms with Gasteiger partial charge in [-0.3, -0.25) is 14.7 Å².